The van der Waals surface area contributed by atoms with E-state index in [2.05, 4.69) is 15.0 Å². The number of H-pyrrole nitrogens is 1. The van der Waals surface area contributed by atoms with Gasteiger partial charge in [0.05, 0.1) is 22.5 Å². The van der Waals surface area contributed by atoms with Gasteiger partial charge in [0.15, 0.2) is 0 Å². The van der Waals surface area contributed by atoms with E-state index >= 15 is 0 Å². The predicted octanol–water partition coefficient (Wildman–Crippen LogP) is 3.11. The van der Waals surface area contributed by atoms with Crippen LogP contribution in [0.3, 0.4) is 0 Å². The molecule has 3 heterocycles. The Bertz CT molecular complexity index is 1120. The van der Waals surface area contributed by atoms with Crippen LogP contribution in [0.5, 0.6) is 0 Å². The van der Waals surface area contributed by atoms with Gasteiger partial charge in [-0.3, -0.25) is 4.98 Å². The number of aromatic amines is 1. The van der Waals surface area contributed by atoms with Crippen molar-refractivity contribution in [2.75, 3.05) is 0 Å². The van der Waals surface area contributed by atoms with E-state index in [0.29, 0.717) is 41.8 Å². The van der Waals surface area contributed by atoms with Gasteiger partial charge in [-0.2, -0.15) is 4.39 Å². The highest BCUT2D eigenvalue weighted by Gasteiger charge is 2.40. The molecule has 0 bridgehead atoms. The van der Waals surface area contributed by atoms with Crippen molar-refractivity contribution in [3.05, 3.63) is 58.9 Å². The summed E-state index contributed by atoms with van der Waals surface area (Å²) < 4.78 is 14.1. The Hall–Kier alpha value is -3.06. The molecule has 0 radical (unpaired) electrons. The molecule has 0 aliphatic heterocycles. The summed E-state index contributed by atoms with van der Waals surface area (Å²) in [6, 6.07) is 5.11. The molecule has 5 rings (SSSR count). The third kappa shape index (κ3) is 2.70. The monoisotopic (exact) mass is 378 g/mol. The Balaban J connectivity index is 1.66. The molecule has 1 saturated carbocycles. The third-order valence-electron chi connectivity index (χ3n) is 5.75. The van der Waals surface area contributed by atoms with Crippen LogP contribution in [-0.4, -0.2) is 31.6 Å². The fourth-order valence-electron chi connectivity index (χ4n) is 4.06. The molecular formula is C21H19FN4O2. The van der Waals surface area contributed by atoms with Crippen molar-refractivity contribution in [3.63, 3.8) is 0 Å². The lowest BCUT2D eigenvalue weighted by molar-refractivity contribution is 0.0694. The minimum Gasteiger partial charge on any atom is -0.478 e. The molecule has 3 aromatic rings. The van der Waals surface area contributed by atoms with E-state index in [1.165, 1.54) is 6.20 Å². The molecule has 2 aliphatic carbocycles. The number of carboxylic acids is 1. The summed E-state index contributed by atoms with van der Waals surface area (Å²) in [5, 5.41) is 9.81. The van der Waals surface area contributed by atoms with Crippen molar-refractivity contribution >= 4 is 5.97 Å². The van der Waals surface area contributed by atoms with Crippen LogP contribution < -0.4 is 5.73 Å². The second kappa shape index (κ2) is 5.97. The first kappa shape index (κ1) is 17.1. The number of aromatic nitrogens is 3. The van der Waals surface area contributed by atoms with Gasteiger partial charge < -0.3 is 15.8 Å². The lowest BCUT2D eigenvalue weighted by Gasteiger charge is -2.17. The summed E-state index contributed by atoms with van der Waals surface area (Å²) in [5.74, 6) is -1.52. The molecule has 6 nitrogen and oxygen atoms in total. The molecule has 4 N–H and O–H groups in total. The van der Waals surface area contributed by atoms with E-state index in [9.17, 15) is 14.3 Å². The largest absolute Gasteiger partial charge is 0.478 e. The van der Waals surface area contributed by atoms with Crippen molar-refractivity contribution in [1.29, 1.82) is 0 Å². The molecular weight excluding hydrogens is 359 g/mol. The van der Waals surface area contributed by atoms with Gasteiger partial charge in [-0.1, -0.05) is 0 Å². The molecule has 0 unspecified atom stereocenters. The molecule has 0 spiro atoms. The molecule has 2 aliphatic rings. The maximum absolute atomic E-state index is 14.1. The average Bonchev–Trinajstić information content (AvgIpc) is 3.27. The number of aromatic carboxylic acids is 1. The second-order valence-electron chi connectivity index (χ2n) is 7.74. The van der Waals surface area contributed by atoms with Crippen LogP contribution >= 0.6 is 0 Å². The summed E-state index contributed by atoms with van der Waals surface area (Å²) >= 11 is 0. The van der Waals surface area contributed by atoms with Gasteiger partial charge in [-0.25, -0.2) is 9.78 Å². The summed E-state index contributed by atoms with van der Waals surface area (Å²) in [6.07, 6.45) is 6.78. The normalized spacial score (nSPS) is 16.4. The first-order valence-electron chi connectivity index (χ1n) is 9.31. The summed E-state index contributed by atoms with van der Waals surface area (Å²) in [7, 11) is 0. The molecule has 0 amide bonds. The minimum atomic E-state index is -0.937. The molecule has 3 aromatic heterocycles. The maximum atomic E-state index is 14.1. The number of hydrogen-bond acceptors (Lipinski definition) is 4. The zero-order valence-electron chi connectivity index (χ0n) is 15.1. The fourth-order valence-corrected chi connectivity index (χ4v) is 4.06. The van der Waals surface area contributed by atoms with E-state index in [4.69, 9.17) is 5.73 Å². The number of nitrogens with zero attached hydrogens (tertiary/aromatic N) is 2. The quantitative estimate of drug-likeness (QED) is 0.605. The van der Waals surface area contributed by atoms with Gasteiger partial charge in [0.2, 0.25) is 5.95 Å². The standard InChI is InChI=1S/C21H19FN4O2/c22-19-12(2-1-7-24-19)15-8-14-11(10-25-15)3-4-13-17(20(27)28)16(26-18(13)14)9-21(23)5-6-21/h1-2,7-8,10,26H,3-6,9,23H2,(H,27,28). The number of carboxylic acid groups (broad SMARTS) is 1. The topological polar surface area (TPSA) is 105 Å². The van der Waals surface area contributed by atoms with Crippen LogP contribution in [0.25, 0.3) is 22.5 Å². The van der Waals surface area contributed by atoms with Crippen LogP contribution in [0.4, 0.5) is 4.39 Å². The van der Waals surface area contributed by atoms with E-state index in [1.54, 1.807) is 18.3 Å². The van der Waals surface area contributed by atoms with Crippen molar-refractivity contribution in [2.24, 2.45) is 5.73 Å². The second-order valence-corrected chi connectivity index (χ2v) is 7.74. The van der Waals surface area contributed by atoms with Gasteiger partial charge in [-0.05, 0) is 55.0 Å². The van der Waals surface area contributed by atoms with Gasteiger partial charge in [-0.15, -0.1) is 0 Å². The fraction of sp³-hybridized carbons (Fsp3) is 0.286. The molecule has 142 valence electrons. The number of hydrogen-bond donors (Lipinski definition) is 3. The zero-order valence-corrected chi connectivity index (χ0v) is 15.1. The third-order valence-corrected chi connectivity index (χ3v) is 5.75. The number of carbonyl (C=O) groups is 1. The first-order valence-corrected chi connectivity index (χ1v) is 9.31. The maximum Gasteiger partial charge on any atom is 0.337 e. The smallest absolute Gasteiger partial charge is 0.337 e. The first-order chi connectivity index (χ1) is 13.5. The van der Waals surface area contributed by atoms with E-state index in [0.717, 1.165) is 35.2 Å². The zero-order chi connectivity index (χ0) is 19.5. The van der Waals surface area contributed by atoms with Crippen molar-refractivity contribution in [3.8, 4) is 22.5 Å². The average molecular weight is 378 g/mol. The van der Waals surface area contributed by atoms with E-state index in [1.807, 2.05) is 6.07 Å². The summed E-state index contributed by atoms with van der Waals surface area (Å²) in [5.41, 5.74) is 11.2. The number of halogens is 1. The van der Waals surface area contributed by atoms with Gasteiger partial charge >= 0.3 is 5.97 Å². The van der Waals surface area contributed by atoms with Gasteiger partial charge in [0, 0.05) is 35.6 Å². The summed E-state index contributed by atoms with van der Waals surface area (Å²) in [6.45, 7) is 0. The van der Waals surface area contributed by atoms with Crippen LogP contribution in [0, 0.1) is 5.95 Å². The summed E-state index contributed by atoms with van der Waals surface area (Å²) in [4.78, 5) is 23.4. The Labute approximate surface area is 160 Å². The van der Waals surface area contributed by atoms with E-state index < -0.39 is 11.9 Å². The van der Waals surface area contributed by atoms with Crippen LogP contribution in [0.1, 0.15) is 40.0 Å². The van der Waals surface area contributed by atoms with Gasteiger partial charge in [0.1, 0.15) is 0 Å². The SMILES string of the molecule is NC1(Cc2[nH]c3c(c2C(=O)O)CCc2cnc(-c4cccnc4F)cc2-3)CC1. The van der Waals surface area contributed by atoms with Crippen LogP contribution in [0.2, 0.25) is 0 Å². The number of rotatable bonds is 4. The molecule has 0 saturated heterocycles. The highest BCUT2D eigenvalue weighted by Crippen LogP contribution is 2.41. The number of pyridine rings is 2. The molecule has 1 fully saturated rings. The number of nitrogens with two attached hydrogens (primary N) is 1. The highest BCUT2D eigenvalue weighted by molar-refractivity contribution is 5.95. The van der Waals surface area contributed by atoms with Crippen molar-refractivity contribution in [2.45, 2.75) is 37.6 Å². The molecule has 28 heavy (non-hydrogen) atoms. The number of nitrogens with one attached hydrogen (secondary N) is 1. The molecule has 0 aromatic carbocycles. The van der Waals surface area contributed by atoms with Crippen LogP contribution in [0.15, 0.2) is 30.6 Å². The van der Waals surface area contributed by atoms with E-state index in [-0.39, 0.29) is 5.54 Å². The lowest BCUT2D eigenvalue weighted by atomic mass is 9.88. The molecule has 0 atom stereocenters. The highest BCUT2D eigenvalue weighted by atomic mass is 19.1. The number of aryl methyl sites for hydroxylation is 1. The Morgan fingerprint density at radius 1 is 1.29 bits per heavy atom. The Morgan fingerprint density at radius 3 is 2.82 bits per heavy atom. The number of fused-ring (bicyclic) bond motifs is 3. The van der Waals surface area contributed by atoms with Crippen LogP contribution in [-0.2, 0) is 19.3 Å². The minimum absolute atomic E-state index is 0.303. The Morgan fingerprint density at radius 2 is 2.11 bits per heavy atom. The molecule has 7 heteroatoms. The van der Waals surface area contributed by atoms with Crippen molar-refractivity contribution in [1.82, 2.24) is 15.0 Å². The van der Waals surface area contributed by atoms with Gasteiger partial charge in [0.25, 0.3) is 0 Å². The van der Waals surface area contributed by atoms with Crippen molar-refractivity contribution < 1.29 is 14.3 Å². The lowest BCUT2D eigenvalue weighted by Crippen LogP contribution is -2.25. The predicted molar refractivity (Wildman–Crippen MR) is 101 cm³/mol. The Kier molecular flexibility index (Phi) is 3.64.